The molecule has 1 aromatic rings. The van der Waals surface area contributed by atoms with E-state index in [0.717, 1.165) is 24.3 Å². The lowest BCUT2D eigenvalue weighted by atomic mass is 9.85. The van der Waals surface area contributed by atoms with Crippen LogP contribution in [0.5, 0.6) is 0 Å². The molecular weight excluding hydrogens is 344 g/mol. The van der Waals surface area contributed by atoms with E-state index in [1.165, 1.54) is 24.2 Å². The number of ether oxygens (including phenoxy) is 1. The van der Waals surface area contributed by atoms with Crippen LogP contribution in [0, 0.1) is 5.92 Å². The van der Waals surface area contributed by atoms with Crippen LogP contribution in [-0.2, 0) is 16.1 Å². The summed E-state index contributed by atoms with van der Waals surface area (Å²) in [5.41, 5.74) is 0. The van der Waals surface area contributed by atoms with E-state index >= 15 is 0 Å². The number of aliphatic carboxylic acids is 1. The summed E-state index contributed by atoms with van der Waals surface area (Å²) >= 11 is 1.38. The van der Waals surface area contributed by atoms with Gasteiger partial charge >= 0.3 is 12.0 Å². The molecule has 3 N–H and O–H groups in total. The molecule has 8 nitrogen and oxygen atoms in total. The summed E-state index contributed by atoms with van der Waals surface area (Å²) in [4.78, 5) is 30.2. The molecule has 138 valence electrons. The van der Waals surface area contributed by atoms with Crippen LogP contribution < -0.4 is 10.6 Å². The summed E-state index contributed by atoms with van der Waals surface area (Å²) in [6, 6.07) is 0.0582. The summed E-state index contributed by atoms with van der Waals surface area (Å²) in [7, 11) is 1.61. The zero-order valence-electron chi connectivity index (χ0n) is 14.2. The first kappa shape index (κ1) is 18.1. The molecule has 2 fully saturated rings. The Morgan fingerprint density at radius 2 is 2.20 bits per heavy atom. The van der Waals surface area contributed by atoms with E-state index in [0.29, 0.717) is 17.7 Å². The van der Waals surface area contributed by atoms with Gasteiger partial charge in [0.1, 0.15) is 0 Å². The standard InChI is InChI=1S/C16H24N4O4S/c1-24-9-13-6-17-16(25-13)19-15(23)18-11-4-12(5-11)20(8-14(21)22)7-10-2-3-10/h6,10-12H,2-5,7-9H2,1H3,(H,21,22)(H2,17,18,19,23). The summed E-state index contributed by atoms with van der Waals surface area (Å²) in [6.07, 6.45) is 5.67. The molecule has 2 aliphatic rings. The number of carboxylic acids is 1. The van der Waals surface area contributed by atoms with Crippen LogP contribution in [-0.4, -0.2) is 59.3 Å². The molecule has 2 aliphatic carbocycles. The Labute approximate surface area is 150 Å². The molecule has 2 amide bonds. The van der Waals surface area contributed by atoms with Gasteiger partial charge < -0.3 is 15.2 Å². The van der Waals surface area contributed by atoms with Crippen molar-refractivity contribution < 1.29 is 19.4 Å². The highest BCUT2D eigenvalue weighted by molar-refractivity contribution is 7.15. The van der Waals surface area contributed by atoms with Crippen LogP contribution in [0.2, 0.25) is 0 Å². The minimum atomic E-state index is -0.787. The normalized spacial score (nSPS) is 22.5. The molecule has 0 unspecified atom stereocenters. The highest BCUT2D eigenvalue weighted by atomic mass is 32.1. The number of thiazole rings is 1. The molecule has 0 spiro atoms. The van der Waals surface area contributed by atoms with Crippen molar-refractivity contribution in [3.63, 3.8) is 0 Å². The predicted molar refractivity (Wildman–Crippen MR) is 93.7 cm³/mol. The van der Waals surface area contributed by atoms with Gasteiger partial charge in [0.05, 0.1) is 18.0 Å². The average molecular weight is 368 g/mol. The van der Waals surface area contributed by atoms with Crippen LogP contribution in [0.25, 0.3) is 0 Å². The second kappa shape index (κ2) is 8.11. The van der Waals surface area contributed by atoms with Gasteiger partial charge in [-0.15, -0.1) is 0 Å². The third-order valence-corrected chi connectivity index (χ3v) is 5.44. The van der Waals surface area contributed by atoms with E-state index in [1.54, 1.807) is 13.3 Å². The number of aromatic nitrogens is 1. The zero-order valence-corrected chi connectivity index (χ0v) is 15.1. The summed E-state index contributed by atoms with van der Waals surface area (Å²) in [5.74, 6) is -0.133. The van der Waals surface area contributed by atoms with E-state index in [4.69, 9.17) is 9.84 Å². The number of carbonyl (C=O) groups is 2. The number of carboxylic acid groups (broad SMARTS) is 1. The third-order valence-electron chi connectivity index (χ3n) is 4.55. The first-order chi connectivity index (χ1) is 12.0. The number of rotatable bonds is 9. The number of hydrogen-bond donors (Lipinski definition) is 3. The molecule has 25 heavy (non-hydrogen) atoms. The van der Waals surface area contributed by atoms with Gasteiger partial charge in [0, 0.05) is 31.9 Å². The van der Waals surface area contributed by atoms with Crippen molar-refractivity contribution in [2.45, 2.75) is 44.4 Å². The fraction of sp³-hybridized carbons (Fsp3) is 0.688. The molecule has 1 heterocycles. The molecule has 0 radical (unpaired) electrons. The van der Waals surface area contributed by atoms with E-state index in [-0.39, 0.29) is 24.7 Å². The van der Waals surface area contributed by atoms with Crippen LogP contribution in [0.4, 0.5) is 9.93 Å². The number of nitrogens with one attached hydrogen (secondary N) is 2. The predicted octanol–water partition coefficient (Wildman–Crippen LogP) is 1.74. The van der Waals surface area contributed by atoms with Gasteiger partial charge in [-0.3, -0.25) is 15.0 Å². The Morgan fingerprint density at radius 1 is 1.44 bits per heavy atom. The fourth-order valence-corrected chi connectivity index (χ4v) is 3.82. The molecule has 0 aliphatic heterocycles. The summed E-state index contributed by atoms with van der Waals surface area (Å²) in [5, 5.41) is 15.3. The van der Waals surface area contributed by atoms with E-state index in [9.17, 15) is 9.59 Å². The van der Waals surface area contributed by atoms with Gasteiger partial charge in [-0.25, -0.2) is 9.78 Å². The van der Waals surface area contributed by atoms with Crippen molar-refractivity contribution in [3.05, 3.63) is 11.1 Å². The Kier molecular flexibility index (Phi) is 5.87. The summed E-state index contributed by atoms with van der Waals surface area (Å²) < 4.78 is 5.03. The van der Waals surface area contributed by atoms with E-state index in [1.807, 2.05) is 4.90 Å². The van der Waals surface area contributed by atoms with Crippen molar-refractivity contribution in [3.8, 4) is 0 Å². The molecule has 0 atom stereocenters. The van der Waals surface area contributed by atoms with Crippen molar-refractivity contribution in [2.75, 3.05) is 25.5 Å². The molecule has 0 saturated heterocycles. The number of amides is 2. The maximum absolute atomic E-state index is 12.0. The van der Waals surface area contributed by atoms with Gasteiger partial charge in [-0.05, 0) is 31.6 Å². The molecule has 0 aromatic carbocycles. The minimum Gasteiger partial charge on any atom is -0.480 e. The number of anilines is 1. The monoisotopic (exact) mass is 368 g/mol. The molecule has 0 bridgehead atoms. The highest BCUT2D eigenvalue weighted by Crippen LogP contribution is 2.33. The van der Waals surface area contributed by atoms with Crippen LogP contribution in [0.3, 0.4) is 0 Å². The maximum atomic E-state index is 12.0. The highest BCUT2D eigenvalue weighted by Gasteiger charge is 2.37. The van der Waals surface area contributed by atoms with E-state index in [2.05, 4.69) is 15.6 Å². The largest absolute Gasteiger partial charge is 0.480 e. The quantitative estimate of drug-likeness (QED) is 0.613. The van der Waals surface area contributed by atoms with Gasteiger partial charge in [-0.2, -0.15) is 0 Å². The number of nitrogens with zero attached hydrogens (tertiary/aromatic N) is 2. The first-order valence-electron chi connectivity index (χ1n) is 8.50. The van der Waals surface area contributed by atoms with Crippen molar-refractivity contribution in [2.24, 2.45) is 5.92 Å². The lowest BCUT2D eigenvalue weighted by molar-refractivity contribution is -0.139. The zero-order chi connectivity index (χ0) is 17.8. The van der Waals surface area contributed by atoms with Crippen molar-refractivity contribution in [1.82, 2.24) is 15.2 Å². The number of carbonyl (C=O) groups excluding carboxylic acids is 1. The summed E-state index contributed by atoms with van der Waals surface area (Å²) in [6.45, 7) is 1.42. The molecule has 9 heteroatoms. The fourth-order valence-electron chi connectivity index (χ4n) is 3.05. The van der Waals surface area contributed by atoms with Crippen molar-refractivity contribution >= 4 is 28.5 Å². The Morgan fingerprint density at radius 3 is 2.84 bits per heavy atom. The van der Waals surface area contributed by atoms with Crippen LogP contribution in [0.1, 0.15) is 30.6 Å². The SMILES string of the molecule is COCc1cnc(NC(=O)NC2CC(N(CC(=O)O)CC3CC3)C2)s1. The minimum absolute atomic E-state index is 0.0823. The van der Waals surface area contributed by atoms with Gasteiger partial charge in [0.25, 0.3) is 0 Å². The maximum Gasteiger partial charge on any atom is 0.321 e. The second-order valence-corrected chi connectivity index (χ2v) is 7.87. The molecule has 1 aromatic heterocycles. The van der Waals surface area contributed by atoms with Crippen LogP contribution in [0.15, 0.2) is 6.20 Å². The van der Waals surface area contributed by atoms with Gasteiger partial charge in [0.15, 0.2) is 5.13 Å². The number of methoxy groups -OCH3 is 1. The molecule has 2 saturated carbocycles. The number of hydrogen-bond acceptors (Lipinski definition) is 6. The van der Waals surface area contributed by atoms with Crippen LogP contribution >= 0.6 is 11.3 Å². The van der Waals surface area contributed by atoms with Gasteiger partial charge in [0.2, 0.25) is 0 Å². The lowest BCUT2D eigenvalue weighted by Gasteiger charge is -2.42. The Hall–Kier alpha value is -1.71. The molecule has 3 rings (SSSR count). The third kappa shape index (κ3) is 5.38. The Bertz CT molecular complexity index is 613. The van der Waals surface area contributed by atoms with E-state index < -0.39 is 5.97 Å². The molecular formula is C16H24N4O4S. The lowest BCUT2D eigenvalue weighted by Crippen LogP contribution is -2.55. The average Bonchev–Trinajstić information content (AvgIpc) is 3.21. The first-order valence-corrected chi connectivity index (χ1v) is 9.32. The van der Waals surface area contributed by atoms with Gasteiger partial charge in [-0.1, -0.05) is 11.3 Å². The van der Waals surface area contributed by atoms with Crippen molar-refractivity contribution in [1.29, 1.82) is 0 Å². The smallest absolute Gasteiger partial charge is 0.321 e. The number of urea groups is 1. The topological polar surface area (TPSA) is 104 Å². The second-order valence-electron chi connectivity index (χ2n) is 6.75. The Balaban J connectivity index is 1.40.